The Kier molecular flexibility index (Phi) is 7.70. The monoisotopic (exact) mass is 618 g/mol. The molecule has 5 rings (SSSR count). The molecule has 0 unspecified atom stereocenters. The van der Waals surface area contributed by atoms with E-state index in [9.17, 15) is 4.79 Å². The second-order valence-corrected chi connectivity index (χ2v) is 10.8. The number of nitrogens with zero attached hydrogens (tertiary/aromatic N) is 2. The van der Waals surface area contributed by atoms with Crippen LogP contribution in [0.2, 0.25) is 0 Å². The van der Waals surface area contributed by atoms with Crippen molar-refractivity contribution in [2.24, 2.45) is 4.99 Å². The Morgan fingerprint density at radius 2 is 1.50 bits per heavy atom. The number of hydrogen-bond acceptors (Lipinski definition) is 4. The minimum Gasteiger partial charge on any atom is -0.488 e. The molecule has 178 valence electrons. The molecule has 1 saturated heterocycles. The number of amidine groups is 1. The fourth-order valence-electron chi connectivity index (χ4n) is 3.61. The van der Waals surface area contributed by atoms with Gasteiger partial charge in [-0.2, -0.15) is 0 Å². The predicted molar refractivity (Wildman–Crippen MR) is 156 cm³/mol. The van der Waals surface area contributed by atoms with Crippen LogP contribution in [0.3, 0.4) is 0 Å². The van der Waals surface area contributed by atoms with Gasteiger partial charge in [-0.1, -0.05) is 80.4 Å². The fraction of sp³-hybridized carbons (Fsp3) is 0.0345. The number of rotatable bonds is 6. The molecule has 36 heavy (non-hydrogen) atoms. The Balaban J connectivity index is 1.49. The molecule has 1 amide bonds. The molecule has 1 aliphatic heterocycles. The topological polar surface area (TPSA) is 41.9 Å². The number of benzene rings is 4. The van der Waals surface area contributed by atoms with Gasteiger partial charge >= 0.3 is 0 Å². The van der Waals surface area contributed by atoms with Gasteiger partial charge in [0.1, 0.15) is 12.4 Å². The van der Waals surface area contributed by atoms with Crippen LogP contribution in [0.1, 0.15) is 11.1 Å². The molecule has 0 atom stereocenters. The van der Waals surface area contributed by atoms with Crippen LogP contribution in [0, 0.1) is 0 Å². The minimum absolute atomic E-state index is 0.125. The molecule has 7 heteroatoms. The molecule has 0 N–H and O–H groups in total. The van der Waals surface area contributed by atoms with Gasteiger partial charge in [-0.15, -0.1) is 0 Å². The van der Waals surface area contributed by atoms with Gasteiger partial charge in [-0.25, -0.2) is 4.99 Å². The van der Waals surface area contributed by atoms with Gasteiger partial charge < -0.3 is 4.74 Å². The van der Waals surface area contributed by atoms with Gasteiger partial charge in [0, 0.05) is 14.5 Å². The van der Waals surface area contributed by atoms with Crippen molar-refractivity contribution in [2.45, 2.75) is 6.61 Å². The summed E-state index contributed by atoms with van der Waals surface area (Å²) < 4.78 is 8.08. The van der Waals surface area contributed by atoms with Crippen LogP contribution in [-0.2, 0) is 11.4 Å². The van der Waals surface area contributed by atoms with E-state index in [0.29, 0.717) is 22.4 Å². The van der Waals surface area contributed by atoms with Crippen LogP contribution < -0.4 is 9.64 Å². The average molecular weight is 620 g/mol. The summed E-state index contributed by atoms with van der Waals surface area (Å²) in [6, 6.07) is 33.0. The van der Waals surface area contributed by atoms with Crippen LogP contribution in [0.5, 0.6) is 5.75 Å². The van der Waals surface area contributed by atoms with Gasteiger partial charge in [-0.05, 0) is 78.0 Å². The van der Waals surface area contributed by atoms with Crippen molar-refractivity contribution in [1.82, 2.24) is 0 Å². The summed E-state index contributed by atoms with van der Waals surface area (Å²) in [5, 5.41) is 0.607. The number of carbonyl (C=O) groups excluding carboxylic acids is 1. The summed E-state index contributed by atoms with van der Waals surface area (Å²) in [6.45, 7) is 0.420. The molecule has 0 spiro atoms. The summed E-state index contributed by atoms with van der Waals surface area (Å²) >= 11 is 8.37. The molecule has 0 radical (unpaired) electrons. The van der Waals surface area contributed by atoms with Crippen LogP contribution >= 0.6 is 43.6 Å². The maximum atomic E-state index is 13.6. The van der Waals surface area contributed by atoms with Gasteiger partial charge in [0.2, 0.25) is 0 Å². The van der Waals surface area contributed by atoms with E-state index in [-0.39, 0.29) is 5.91 Å². The lowest BCUT2D eigenvalue weighted by atomic mass is 10.1. The third-order valence-corrected chi connectivity index (χ3v) is 7.36. The number of thioether (sulfide) groups is 1. The minimum atomic E-state index is -0.125. The first kappa shape index (κ1) is 24.6. The zero-order chi connectivity index (χ0) is 24.9. The molecular formula is C29H20Br2N2O2S. The second kappa shape index (κ2) is 11.3. The molecule has 4 nitrogen and oxygen atoms in total. The fourth-order valence-corrected chi connectivity index (χ4v) is 5.25. The van der Waals surface area contributed by atoms with Gasteiger partial charge in [0.15, 0.2) is 5.17 Å². The number of halogens is 2. The number of para-hydroxylation sites is 2. The van der Waals surface area contributed by atoms with Gasteiger partial charge in [0.25, 0.3) is 5.91 Å². The molecule has 1 aliphatic rings. The van der Waals surface area contributed by atoms with E-state index in [1.165, 1.54) is 11.8 Å². The smallest absolute Gasteiger partial charge is 0.271 e. The van der Waals surface area contributed by atoms with Crippen molar-refractivity contribution in [3.8, 4) is 5.75 Å². The first-order valence-electron chi connectivity index (χ1n) is 11.2. The quantitative estimate of drug-likeness (QED) is 0.203. The Labute approximate surface area is 231 Å². The molecule has 0 aromatic heterocycles. The summed E-state index contributed by atoms with van der Waals surface area (Å²) in [6.07, 6.45) is 1.87. The molecule has 1 heterocycles. The summed E-state index contributed by atoms with van der Waals surface area (Å²) in [7, 11) is 0. The number of carbonyl (C=O) groups is 1. The highest BCUT2D eigenvalue weighted by molar-refractivity contribution is 9.10. The number of anilines is 1. The average Bonchev–Trinajstić information content (AvgIpc) is 3.19. The van der Waals surface area contributed by atoms with E-state index in [1.54, 1.807) is 4.90 Å². The van der Waals surface area contributed by atoms with E-state index in [2.05, 4.69) is 31.9 Å². The van der Waals surface area contributed by atoms with Crippen LogP contribution in [-0.4, -0.2) is 11.1 Å². The van der Waals surface area contributed by atoms with Gasteiger partial charge in [0.05, 0.1) is 16.3 Å². The Morgan fingerprint density at radius 1 is 0.833 bits per heavy atom. The van der Waals surface area contributed by atoms with E-state index in [4.69, 9.17) is 9.73 Å². The van der Waals surface area contributed by atoms with Crippen molar-refractivity contribution < 1.29 is 9.53 Å². The zero-order valence-electron chi connectivity index (χ0n) is 19.0. The lowest BCUT2D eigenvalue weighted by molar-refractivity contribution is -0.113. The van der Waals surface area contributed by atoms with Crippen molar-refractivity contribution in [2.75, 3.05) is 4.90 Å². The van der Waals surface area contributed by atoms with Gasteiger partial charge in [-0.3, -0.25) is 9.69 Å². The Morgan fingerprint density at radius 3 is 2.22 bits per heavy atom. The SMILES string of the molecule is O=C1/C(=C\c2cc(Br)ccc2OCc2ccc(Br)cc2)SC(=Nc2ccccc2)N1c1ccccc1. The third kappa shape index (κ3) is 5.81. The Hall–Kier alpha value is -3.13. The summed E-state index contributed by atoms with van der Waals surface area (Å²) in [4.78, 5) is 20.6. The highest BCUT2D eigenvalue weighted by Gasteiger charge is 2.35. The van der Waals surface area contributed by atoms with Crippen molar-refractivity contribution >= 4 is 72.1 Å². The maximum Gasteiger partial charge on any atom is 0.271 e. The molecule has 0 aliphatic carbocycles. The van der Waals surface area contributed by atoms with Crippen molar-refractivity contribution in [3.05, 3.63) is 128 Å². The lowest BCUT2D eigenvalue weighted by Crippen LogP contribution is -2.28. The lowest BCUT2D eigenvalue weighted by Gasteiger charge is -2.15. The third-order valence-electron chi connectivity index (χ3n) is 5.37. The molecular weight excluding hydrogens is 600 g/mol. The zero-order valence-corrected chi connectivity index (χ0v) is 23.0. The normalized spacial score (nSPS) is 15.6. The number of aliphatic imine (C=N–C) groups is 1. The highest BCUT2D eigenvalue weighted by atomic mass is 79.9. The first-order valence-corrected chi connectivity index (χ1v) is 13.6. The largest absolute Gasteiger partial charge is 0.488 e. The van der Waals surface area contributed by atoms with Crippen LogP contribution in [0.4, 0.5) is 11.4 Å². The number of amides is 1. The van der Waals surface area contributed by atoms with Crippen molar-refractivity contribution in [3.63, 3.8) is 0 Å². The van der Waals surface area contributed by atoms with E-state index in [0.717, 1.165) is 31.4 Å². The van der Waals surface area contributed by atoms with Crippen LogP contribution in [0.25, 0.3) is 6.08 Å². The molecule has 0 saturated carbocycles. The molecule has 4 aromatic carbocycles. The number of ether oxygens (including phenoxy) is 1. The standard InChI is InChI=1S/C29H20Br2N2O2S/c30-22-13-11-20(12-14-22)19-35-26-16-15-23(31)17-21(26)18-27-28(34)33(25-9-5-2-6-10-25)29(36-27)32-24-7-3-1-4-8-24/h1-18H,19H2/b27-18+,32-29?. The number of hydrogen-bond donors (Lipinski definition) is 0. The van der Waals surface area contributed by atoms with E-state index < -0.39 is 0 Å². The summed E-state index contributed by atoms with van der Waals surface area (Å²) in [5.41, 5.74) is 3.43. The highest BCUT2D eigenvalue weighted by Crippen LogP contribution is 2.38. The second-order valence-electron chi connectivity index (χ2n) is 7.91. The van der Waals surface area contributed by atoms with E-state index in [1.807, 2.05) is 109 Å². The summed E-state index contributed by atoms with van der Waals surface area (Å²) in [5.74, 6) is 0.571. The predicted octanol–water partition coefficient (Wildman–Crippen LogP) is 8.60. The molecule has 0 bridgehead atoms. The maximum absolute atomic E-state index is 13.6. The first-order chi connectivity index (χ1) is 17.6. The Bertz CT molecular complexity index is 1440. The van der Waals surface area contributed by atoms with E-state index >= 15 is 0 Å². The molecule has 4 aromatic rings. The molecule has 1 fully saturated rings. The van der Waals surface area contributed by atoms with Crippen molar-refractivity contribution in [1.29, 1.82) is 0 Å². The van der Waals surface area contributed by atoms with Crippen LogP contribution in [0.15, 0.2) is 122 Å².